The third-order valence-corrected chi connectivity index (χ3v) is 6.53. The molecule has 6 heteroatoms. The highest BCUT2D eigenvalue weighted by Gasteiger charge is 2.17. The first-order valence-electron chi connectivity index (χ1n) is 6.62. The van der Waals surface area contributed by atoms with Crippen LogP contribution in [0.1, 0.15) is 28.6 Å². The molecule has 0 spiro atoms. The van der Waals surface area contributed by atoms with Crippen LogP contribution in [-0.4, -0.2) is 4.57 Å². The van der Waals surface area contributed by atoms with E-state index in [1.807, 2.05) is 36.6 Å². The summed E-state index contributed by atoms with van der Waals surface area (Å²) in [5, 5.41) is 2.05. The summed E-state index contributed by atoms with van der Waals surface area (Å²) in [5.74, 6) is -0.285. The van der Waals surface area contributed by atoms with E-state index in [1.54, 1.807) is 15.9 Å². The van der Waals surface area contributed by atoms with E-state index in [1.165, 1.54) is 4.88 Å². The zero-order chi connectivity index (χ0) is 15.0. The fourth-order valence-corrected chi connectivity index (χ4v) is 5.08. The maximum absolute atomic E-state index is 11.9. The van der Waals surface area contributed by atoms with Crippen LogP contribution in [0.5, 0.6) is 0 Å². The number of oxazole rings is 1. The first kappa shape index (κ1) is 15.1. The summed E-state index contributed by atoms with van der Waals surface area (Å²) in [5.41, 5.74) is 2.57. The number of fused-ring (bicyclic) bond motifs is 1. The first-order chi connectivity index (χ1) is 10.1. The van der Waals surface area contributed by atoms with Gasteiger partial charge in [-0.25, -0.2) is 4.79 Å². The number of alkyl halides is 1. The van der Waals surface area contributed by atoms with Gasteiger partial charge in [-0.15, -0.1) is 11.3 Å². The molecule has 2 heterocycles. The molecule has 0 aliphatic heterocycles. The van der Waals surface area contributed by atoms with E-state index >= 15 is 0 Å². The molecule has 3 rings (SSSR count). The number of aryl methyl sites for hydroxylation is 1. The third-order valence-electron chi connectivity index (χ3n) is 3.31. The first-order valence-corrected chi connectivity index (χ1v) is 9.21. The van der Waals surface area contributed by atoms with Gasteiger partial charge in [0.2, 0.25) is 0 Å². The molecule has 3 aromatic rings. The number of hydrogen-bond donors (Lipinski definition) is 0. The molecule has 1 atom stereocenters. The average Bonchev–Trinajstić information content (AvgIpc) is 3.02. The molecule has 1 unspecified atom stereocenters. The van der Waals surface area contributed by atoms with E-state index in [2.05, 4.69) is 31.9 Å². The molecule has 2 aromatic heterocycles. The number of rotatable bonds is 4. The van der Waals surface area contributed by atoms with Crippen molar-refractivity contribution in [3.8, 4) is 0 Å². The third kappa shape index (κ3) is 2.76. The lowest BCUT2D eigenvalue weighted by atomic mass is 10.1. The molecule has 3 nitrogen and oxygen atoms in total. The minimum Gasteiger partial charge on any atom is -0.408 e. The summed E-state index contributed by atoms with van der Waals surface area (Å²) in [6, 6.07) is 7.97. The molecule has 0 amide bonds. The van der Waals surface area contributed by atoms with Crippen molar-refractivity contribution in [2.45, 2.75) is 24.7 Å². The lowest BCUT2D eigenvalue weighted by molar-refractivity contribution is 0.502. The SMILES string of the molecule is CCCn1c(=O)oc2cc(C(Br)c3sccc3Br)ccc21. The summed E-state index contributed by atoms with van der Waals surface area (Å²) in [6.45, 7) is 2.72. The maximum Gasteiger partial charge on any atom is 0.419 e. The highest BCUT2D eigenvalue weighted by Crippen LogP contribution is 2.39. The molecule has 0 fully saturated rings. The lowest BCUT2D eigenvalue weighted by Gasteiger charge is -2.09. The van der Waals surface area contributed by atoms with Crippen LogP contribution in [-0.2, 0) is 6.54 Å². The smallest absolute Gasteiger partial charge is 0.408 e. The van der Waals surface area contributed by atoms with Gasteiger partial charge in [0, 0.05) is 15.9 Å². The highest BCUT2D eigenvalue weighted by atomic mass is 79.9. The molecule has 0 radical (unpaired) electrons. The second-order valence-corrected chi connectivity index (χ2v) is 7.46. The molecule has 0 saturated heterocycles. The quantitative estimate of drug-likeness (QED) is 0.525. The van der Waals surface area contributed by atoms with Gasteiger partial charge in [0.05, 0.1) is 10.3 Å². The second kappa shape index (κ2) is 6.10. The lowest BCUT2D eigenvalue weighted by Crippen LogP contribution is -2.13. The Morgan fingerprint density at radius 2 is 2.19 bits per heavy atom. The summed E-state index contributed by atoms with van der Waals surface area (Å²) in [7, 11) is 0. The van der Waals surface area contributed by atoms with Crippen LogP contribution in [0.25, 0.3) is 11.1 Å². The number of thiophene rings is 1. The Labute approximate surface area is 142 Å². The van der Waals surface area contributed by atoms with Gasteiger partial charge in [-0.3, -0.25) is 4.57 Å². The van der Waals surface area contributed by atoms with E-state index in [0.717, 1.165) is 22.0 Å². The minimum absolute atomic E-state index is 0.0797. The predicted octanol–water partition coefficient (Wildman–Crippen LogP) is 5.31. The summed E-state index contributed by atoms with van der Waals surface area (Å²) in [4.78, 5) is 13.2. The largest absolute Gasteiger partial charge is 0.419 e. The van der Waals surface area contributed by atoms with E-state index in [4.69, 9.17) is 4.42 Å². The van der Waals surface area contributed by atoms with Crippen LogP contribution in [0, 0.1) is 0 Å². The van der Waals surface area contributed by atoms with E-state index in [0.29, 0.717) is 12.1 Å². The van der Waals surface area contributed by atoms with Gasteiger partial charge in [-0.2, -0.15) is 0 Å². The Balaban J connectivity index is 2.06. The molecule has 0 bridgehead atoms. The van der Waals surface area contributed by atoms with Gasteiger partial charge in [0.1, 0.15) is 0 Å². The van der Waals surface area contributed by atoms with Crippen LogP contribution in [0.4, 0.5) is 0 Å². The molecule has 0 saturated carbocycles. The molecular formula is C15H13Br2NO2S. The van der Waals surface area contributed by atoms with E-state index < -0.39 is 0 Å². The van der Waals surface area contributed by atoms with E-state index in [9.17, 15) is 4.79 Å². The van der Waals surface area contributed by atoms with Crippen LogP contribution in [0.3, 0.4) is 0 Å². The van der Waals surface area contributed by atoms with Crippen molar-refractivity contribution in [2.75, 3.05) is 0 Å². The molecule has 0 aliphatic carbocycles. The summed E-state index contributed by atoms with van der Waals surface area (Å²) in [6.07, 6.45) is 0.902. The van der Waals surface area contributed by atoms with Gasteiger partial charge in [0.25, 0.3) is 0 Å². The Hall–Kier alpha value is -0.850. The Bertz CT molecular complexity index is 834. The van der Waals surface area contributed by atoms with Gasteiger partial charge in [-0.05, 0) is 51.5 Å². The van der Waals surface area contributed by atoms with E-state index in [-0.39, 0.29) is 10.6 Å². The van der Waals surface area contributed by atoms with Gasteiger partial charge in [-0.1, -0.05) is 28.9 Å². The molecule has 1 aromatic carbocycles. The number of hydrogen-bond acceptors (Lipinski definition) is 3. The topological polar surface area (TPSA) is 35.1 Å². The fraction of sp³-hybridized carbons (Fsp3) is 0.267. The van der Waals surface area contributed by atoms with Crippen molar-refractivity contribution in [3.63, 3.8) is 0 Å². The molecule has 110 valence electrons. The number of benzene rings is 1. The average molecular weight is 431 g/mol. The fourth-order valence-electron chi connectivity index (χ4n) is 2.31. The van der Waals surface area contributed by atoms with Crippen molar-refractivity contribution in [1.82, 2.24) is 4.57 Å². The Morgan fingerprint density at radius 1 is 1.38 bits per heavy atom. The Morgan fingerprint density at radius 3 is 2.86 bits per heavy atom. The molecule has 0 N–H and O–H groups in total. The van der Waals surface area contributed by atoms with Crippen LogP contribution in [0.15, 0.2) is 43.3 Å². The second-order valence-electron chi connectivity index (χ2n) is 4.74. The number of nitrogens with zero attached hydrogens (tertiary/aromatic N) is 1. The zero-order valence-corrected chi connectivity index (χ0v) is 15.3. The van der Waals surface area contributed by atoms with Crippen molar-refractivity contribution >= 4 is 54.3 Å². The van der Waals surface area contributed by atoms with Crippen molar-refractivity contribution in [2.24, 2.45) is 0 Å². The highest BCUT2D eigenvalue weighted by molar-refractivity contribution is 9.11. The van der Waals surface area contributed by atoms with Crippen LogP contribution in [0.2, 0.25) is 0 Å². The zero-order valence-electron chi connectivity index (χ0n) is 11.3. The van der Waals surface area contributed by atoms with Crippen molar-refractivity contribution in [1.29, 1.82) is 0 Å². The van der Waals surface area contributed by atoms with Crippen molar-refractivity contribution < 1.29 is 4.42 Å². The summed E-state index contributed by atoms with van der Waals surface area (Å²) < 4.78 is 8.14. The molecule has 0 aliphatic rings. The van der Waals surface area contributed by atoms with Gasteiger partial charge in [0.15, 0.2) is 5.58 Å². The normalized spacial score (nSPS) is 12.9. The monoisotopic (exact) mass is 429 g/mol. The summed E-state index contributed by atoms with van der Waals surface area (Å²) >= 11 is 8.96. The molecular weight excluding hydrogens is 418 g/mol. The Kier molecular flexibility index (Phi) is 4.38. The van der Waals surface area contributed by atoms with Crippen LogP contribution >= 0.6 is 43.2 Å². The number of halogens is 2. The van der Waals surface area contributed by atoms with Gasteiger partial charge >= 0.3 is 5.76 Å². The predicted molar refractivity (Wildman–Crippen MR) is 93.6 cm³/mol. The van der Waals surface area contributed by atoms with Crippen molar-refractivity contribution in [3.05, 3.63) is 55.1 Å². The maximum atomic E-state index is 11.9. The number of aromatic nitrogens is 1. The van der Waals surface area contributed by atoms with Gasteiger partial charge < -0.3 is 4.42 Å². The standard InChI is InChI=1S/C15H13Br2NO2S/c1-2-6-18-11-4-3-9(8-12(11)20-15(18)19)13(17)14-10(16)5-7-21-14/h3-5,7-8,13H,2,6H2,1H3. The molecule has 21 heavy (non-hydrogen) atoms. The minimum atomic E-state index is -0.285. The van der Waals surface area contributed by atoms with Crippen LogP contribution < -0.4 is 5.76 Å².